The number of hydrogen-bond donors (Lipinski definition) is 1. The Hall–Kier alpha value is -2.87. The van der Waals surface area contributed by atoms with Crippen LogP contribution in [-0.4, -0.2) is 28.0 Å². The Balaban J connectivity index is 1.77. The van der Waals surface area contributed by atoms with Crippen LogP contribution in [0.15, 0.2) is 42.9 Å². The lowest BCUT2D eigenvalue weighted by atomic mass is 9.95. The van der Waals surface area contributed by atoms with Crippen molar-refractivity contribution in [3.8, 4) is 6.07 Å². The number of fused-ring (bicyclic) bond motifs is 1. The quantitative estimate of drug-likeness (QED) is 0.789. The monoisotopic (exact) mass is 303 g/mol. The molecule has 1 aliphatic heterocycles. The minimum Gasteiger partial charge on any atom is -0.369 e. The van der Waals surface area contributed by atoms with Gasteiger partial charge in [0.1, 0.15) is 11.9 Å². The summed E-state index contributed by atoms with van der Waals surface area (Å²) in [4.78, 5) is 14.4. The van der Waals surface area contributed by atoms with Crippen LogP contribution < -0.4 is 4.90 Å². The molecular formula is C18H17N5. The Labute approximate surface area is 134 Å². The van der Waals surface area contributed by atoms with Crippen LogP contribution in [0.25, 0.3) is 10.9 Å². The molecule has 1 atom stereocenters. The van der Waals surface area contributed by atoms with Crippen LogP contribution in [0.1, 0.15) is 30.1 Å². The summed E-state index contributed by atoms with van der Waals surface area (Å²) in [6.45, 7) is 1.83. The van der Waals surface area contributed by atoms with Gasteiger partial charge in [0.25, 0.3) is 0 Å². The number of imidazole rings is 1. The zero-order valence-corrected chi connectivity index (χ0v) is 12.7. The van der Waals surface area contributed by atoms with Crippen LogP contribution in [0.5, 0.6) is 0 Å². The number of piperidine rings is 1. The second kappa shape index (κ2) is 5.73. The molecule has 1 N–H and O–H groups in total. The van der Waals surface area contributed by atoms with E-state index in [0.29, 0.717) is 11.5 Å². The Morgan fingerprint density at radius 2 is 2.17 bits per heavy atom. The lowest BCUT2D eigenvalue weighted by molar-refractivity contribution is 0.495. The van der Waals surface area contributed by atoms with E-state index in [0.717, 1.165) is 48.3 Å². The van der Waals surface area contributed by atoms with Gasteiger partial charge in [0.15, 0.2) is 0 Å². The van der Waals surface area contributed by atoms with Gasteiger partial charge in [0.2, 0.25) is 0 Å². The first-order chi connectivity index (χ1) is 11.4. The maximum Gasteiger partial charge on any atom is 0.110 e. The number of rotatable bonds is 2. The molecule has 5 heteroatoms. The van der Waals surface area contributed by atoms with E-state index in [4.69, 9.17) is 0 Å². The summed E-state index contributed by atoms with van der Waals surface area (Å²) in [6, 6.07) is 10.3. The Bertz CT molecular complexity index is 863. The first-order valence-electron chi connectivity index (χ1n) is 7.89. The number of benzene rings is 1. The normalized spacial score (nSPS) is 18.0. The molecule has 1 aromatic carbocycles. The molecule has 1 fully saturated rings. The summed E-state index contributed by atoms with van der Waals surface area (Å²) >= 11 is 0. The van der Waals surface area contributed by atoms with Crippen molar-refractivity contribution in [3.05, 3.63) is 54.2 Å². The third-order valence-corrected chi connectivity index (χ3v) is 4.51. The molecule has 1 saturated heterocycles. The molecule has 23 heavy (non-hydrogen) atoms. The van der Waals surface area contributed by atoms with E-state index < -0.39 is 0 Å². The van der Waals surface area contributed by atoms with Crippen molar-refractivity contribution in [1.29, 1.82) is 5.26 Å². The van der Waals surface area contributed by atoms with Crippen molar-refractivity contribution in [2.45, 2.75) is 18.8 Å². The molecule has 0 saturated carbocycles. The van der Waals surface area contributed by atoms with E-state index >= 15 is 0 Å². The summed E-state index contributed by atoms with van der Waals surface area (Å²) in [5, 5.41) is 10.6. The summed E-state index contributed by atoms with van der Waals surface area (Å²) in [6.07, 6.45) is 7.57. The fraction of sp³-hybridized carbons (Fsp3) is 0.278. The van der Waals surface area contributed by atoms with Gasteiger partial charge in [-0.05, 0) is 18.9 Å². The Morgan fingerprint density at radius 1 is 1.26 bits per heavy atom. The largest absolute Gasteiger partial charge is 0.369 e. The fourth-order valence-electron chi connectivity index (χ4n) is 3.45. The van der Waals surface area contributed by atoms with E-state index in [9.17, 15) is 5.26 Å². The Kier molecular flexibility index (Phi) is 3.43. The van der Waals surface area contributed by atoms with Gasteiger partial charge in [0, 0.05) is 43.0 Å². The number of aromatic amines is 1. The predicted octanol–water partition coefficient (Wildman–Crippen LogP) is 3.21. The van der Waals surface area contributed by atoms with Crippen molar-refractivity contribution < 1.29 is 0 Å². The molecule has 0 bridgehead atoms. The smallest absolute Gasteiger partial charge is 0.110 e. The lowest BCUT2D eigenvalue weighted by Crippen LogP contribution is -2.35. The molecule has 1 unspecified atom stereocenters. The van der Waals surface area contributed by atoms with Gasteiger partial charge in [-0.25, -0.2) is 4.98 Å². The van der Waals surface area contributed by atoms with E-state index in [1.165, 1.54) is 0 Å². The highest BCUT2D eigenvalue weighted by Gasteiger charge is 2.26. The maximum atomic E-state index is 9.52. The average Bonchev–Trinajstić information content (AvgIpc) is 3.15. The number of para-hydroxylation sites is 1. The zero-order chi connectivity index (χ0) is 15.6. The Morgan fingerprint density at radius 3 is 3.00 bits per heavy atom. The van der Waals surface area contributed by atoms with Gasteiger partial charge in [-0.15, -0.1) is 0 Å². The minimum absolute atomic E-state index is 0.372. The molecule has 0 aliphatic carbocycles. The van der Waals surface area contributed by atoms with Gasteiger partial charge in [-0.1, -0.05) is 18.2 Å². The zero-order valence-electron chi connectivity index (χ0n) is 12.7. The van der Waals surface area contributed by atoms with E-state index in [1.54, 1.807) is 12.4 Å². The molecular weight excluding hydrogens is 286 g/mol. The average molecular weight is 303 g/mol. The topological polar surface area (TPSA) is 68.6 Å². The van der Waals surface area contributed by atoms with Crippen molar-refractivity contribution in [2.75, 3.05) is 18.0 Å². The van der Waals surface area contributed by atoms with Crippen LogP contribution in [-0.2, 0) is 0 Å². The molecule has 2 aromatic heterocycles. The van der Waals surface area contributed by atoms with E-state index in [1.807, 2.05) is 24.4 Å². The third kappa shape index (κ3) is 2.42. The molecule has 114 valence electrons. The standard InChI is InChI=1S/C18H17N5/c19-10-14-11-22-16-6-2-1-5-15(16)17(14)23-9-3-4-13(12-23)18-20-7-8-21-18/h1-2,5-8,11,13H,3-4,9,12H2,(H,20,21). The molecule has 4 rings (SSSR count). The van der Waals surface area contributed by atoms with E-state index in [2.05, 4.69) is 32.0 Å². The first kappa shape index (κ1) is 13.8. The van der Waals surface area contributed by atoms with Crippen LogP contribution in [0, 0.1) is 11.3 Å². The highest BCUT2D eigenvalue weighted by atomic mass is 15.1. The number of nitriles is 1. The van der Waals surface area contributed by atoms with Gasteiger partial charge in [-0.2, -0.15) is 5.26 Å². The van der Waals surface area contributed by atoms with Crippen molar-refractivity contribution in [1.82, 2.24) is 15.0 Å². The van der Waals surface area contributed by atoms with Crippen LogP contribution in [0.2, 0.25) is 0 Å². The van der Waals surface area contributed by atoms with Gasteiger partial charge < -0.3 is 9.88 Å². The molecule has 0 spiro atoms. The highest BCUT2D eigenvalue weighted by Crippen LogP contribution is 2.34. The number of hydrogen-bond acceptors (Lipinski definition) is 4. The summed E-state index contributed by atoms with van der Waals surface area (Å²) in [5.41, 5.74) is 2.58. The number of nitrogens with zero attached hydrogens (tertiary/aromatic N) is 4. The van der Waals surface area contributed by atoms with Crippen LogP contribution >= 0.6 is 0 Å². The molecule has 3 aromatic rings. The third-order valence-electron chi connectivity index (χ3n) is 4.51. The number of H-pyrrole nitrogens is 1. The van der Waals surface area contributed by atoms with Crippen molar-refractivity contribution in [3.63, 3.8) is 0 Å². The second-order valence-electron chi connectivity index (χ2n) is 5.91. The number of nitrogens with one attached hydrogen (secondary N) is 1. The SMILES string of the molecule is N#Cc1cnc2ccccc2c1N1CCCC(c2ncc[nH]2)C1. The summed E-state index contributed by atoms with van der Waals surface area (Å²) in [7, 11) is 0. The number of pyridine rings is 1. The fourth-order valence-corrected chi connectivity index (χ4v) is 3.45. The molecule has 1 aliphatic rings. The van der Waals surface area contributed by atoms with Crippen molar-refractivity contribution >= 4 is 16.6 Å². The summed E-state index contributed by atoms with van der Waals surface area (Å²) in [5.74, 6) is 1.41. The minimum atomic E-state index is 0.372. The van der Waals surface area contributed by atoms with Crippen molar-refractivity contribution in [2.24, 2.45) is 0 Å². The van der Waals surface area contributed by atoms with Gasteiger partial charge in [-0.3, -0.25) is 4.98 Å². The highest BCUT2D eigenvalue weighted by molar-refractivity contribution is 5.94. The maximum absolute atomic E-state index is 9.52. The second-order valence-corrected chi connectivity index (χ2v) is 5.91. The van der Waals surface area contributed by atoms with Gasteiger partial charge in [0.05, 0.1) is 16.8 Å². The lowest BCUT2D eigenvalue weighted by Gasteiger charge is -2.34. The number of anilines is 1. The molecule has 5 nitrogen and oxygen atoms in total. The van der Waals surface area contributed by atoms with E-state index in [-0.39, 0.29) is 0 Å². The molecule has 0 radical (unpaired) electrons. The predicted molar refractivity (Wildman–Crippen MR) is 89.2 cm³/mol. The van der Waals surface area contributed by atoms with Crippen LogP contribution in [0.4, 0.5) is 5.69 Å². The summed E-state index contributed by atoms with van der Waals surface area (Å²) < 4.78 is 0. The van der Waals surface area contributed by atoms with Crippen LogP contribution in [0.3, 0.4) is 0 Å². The first-order valence-corrected chi connectivity index (χ1v) is 7.89. The number of aromatic nitrogens is 3. The molecule has 0 amide bonds. The van der Waals surface area contributed by atoms with Gasteiger partial charge >= 0.3 is 0 Å². The molecule has 3 heterocycles.